The van der Waals surface area contributed by atoms with E-state index < -0.39 is 0 Å². The first kappa shape index (κ1) is 13.3. The van der Waals surface area contributed by atoms with Gasteiger partial charge >= 0.3 is 0 Å². The van der Waals surface area contributed by atoms with Crippen molar-refractivity contribution in [2.75, 3.05) is 18.5 Å². The quantitative estimate of drug-likeness (QED) is 0.622. The Bertz CT molecular complexity index is 419. The number of hydrogen-bond donors (Lipinski definition) is 0. The third-order valence-corrected chi connectivity index (χ3v) is 3.85. The fourth-order valence-corrected chi connectivity index (χ4v) is 2.79. The van der Waals surface area contributed by atoms with E-state index in [1.807, 2.05) is 11.9 Å². The maximum atomic E-state index is 11.1. The summed E-state index contributed by atoms with van der Waals surface area (Å²) in [5.74, 6) is 1.33. The van der Waals surface area contributed by atoms with Gasteiger partial charge in [0.1, 0.15) is 17.3 Å². The van der Waals surface area contributed by atoms with E-state index in [-0.39, 0.29) is 5.15 Å². The zero-order valence-electron chi connectivity index (χ0n) is 10.6. The Morgan fingerprint density at radius 3 is 2.78 bits per heavy atom. The third kappa shape index (κ3) is 2.99. The number of carbonyl (C=O) groups excluding carboxylic acids is 1. The minimum atomic E-state index is 0.227. The van der Waals surface area contributed by atoms with Gasteiger partial charge in [-0.1, -0.05) is 30.9 Å². The topological polar surface area (TPSA) is 46.1 Å². The maximum Gasteiger partial charge on any atom is 0.156 e. The maximum absolute atomic E-state index is 11.1. The zero-order valence-corrected chi connectivity index (χ0v) is 11.4. The first-order valence-corrected chi connectivity index (χ1v) is 6.77. The Morgan fingerprint density at radius 2 is 2.11 bits per heavy atom. The number of aromatic nitrogens is 2. The van der Waals surface area contributed by atoms with E-state index in [9.17, 15) is 4.79 Å². The van der Waals surface area contributed by atoms with Crippen LogP contribution in [-0.4, -0.2) is 29.8 Å². The van der Waals surface area contributed by atoms with Crippen molar-refractivity contribution in [3.05, 3.63) is 17.0 Å². The largest absolute Gasteiger partial charge is 0.359 e. The van der Waals surface area contributed by atoms with Crippen LogP contribution in [0.3, 0.4) is 0 Å². The molecule has 0 aliphatic heterocycles. The van der Waals surface area contributed by atoms with Gasteiger partial charge in [0.2, 0.25) is 0 Å². The molecule has 0 atom stereocenters. The Labute approximate surface area is 112 Å². The molecule has 1 saturated carbocycles. The predicted octanol–water partition coefficient (Wildman–Crippen LogP) is 2.96. The summed E-state index contributed by atoms with van der Waals surface area (Å²) >= 11 is 5.91. The van der Waals surface area contributed by atoms with Gasteiger partial charge in [-0.3, -0.25) is 4.79 Å². The molecule has 1 aliphatic rings. The van der Waals surface area contributed by atoms with Crippen molar-refractivity contribution in [3.63, 3.8) is 0 Å². The van der Waals surface area contributed by atoms with Crippen LogP contribution in [0.5, 0.6) is 0 Å². The van der Waals surface area contributed by atoms with Gasteiger partial charge in [-0.15, -0.1) is 0 Å². The summed E-state index contributed by atoms with van der Waals surface area (Å²) in [6.45, 7) is 0.925. The second-order valence-corrected chi connectivity index (χ2v) is 5.26. The average Bonchev–Trinajstić information content (AvgIpc) is 2.39. The number of anilines is 1. The molecule has 0 spiro atoms. The van der Waals surface area contributed by atoms with Crippen LogP contribution in [0.4, 0.5) is 5.82 Å². The van der Waals surface area contributed by atoms with Crippen molar-refractivity contribution in [1.82, 2.24) is 9.97 Å². The molecule has 98 valence electrons. The van der Waals surface area contributed by atoms with Gasteiger partial charge in [0.05, 0.1) is 5.56 Å². The lowest BCUT2D eigenvalue weighted by Crippen LogP contribution is -2.28. The molecule has 0 amide bonds. The summed E-state index contributed by atoms with van der Waals surface area (Å²) < 4.78 is 0. The standard InChI is InChI=1S/C13H18ClN3O/c1-17(7-10-5-3-2-4-6-10)13-11(8-18)12(14)15-9-16-13/h8-10H,2-7H2,1H3. The van der Waals surface area contributed by atoms with Crippen molar-refractivity contribution < 1.29 is 4.79 Å². The lowest BCUT2D eigenvalue weighted by atomic mass is 9.89. The molecule has 4 nitrogen and oxygen atoms in total. The number of nitrogens with zero attached hydrogens (tertiary/aromatic N) is 3. The Morgan fingerprint density at radius 1 is 1.39 bits per heavy atom. The van der Waals surface area contributed by atoms with Crippen molar-refractivity contribution >= 4 is 23.7 Å². The molecule has 1 heterocycles. The highest BCUT2D eigenvalue weighted by molar-refractivity contribution is 6.32. The molecule has 0 bridgehead atoms. The molecule has 0 saturated heterocycles. The zero-order chi connectivity index (χ0) is 13.0. The van der Waals surface area contributed by atoms with Crippen molar-refractivity contribution in [1.29, 1.82) is 0 Å². The van der Waals surface area contributed by atoms with E-state index in [1.165, 1.54) is 38.4 Å². The first-order valence-electron chi connectivity index (χ1n) is 6.39. The van der Waals surface area contributed by atoms with Crippen LogP contribution in [0, 0.1) is 5.92 Å². The van der Waals surface area contributed by atoms with Crippen LogP contribution in [-0.2, 0) is 0 Å². The molecule has 1 fully saturated rings. The van der Waals surface area contributed by atoms with Crippen molar-refractivity contribution in [3.8, 4) is 0 Å². The van der Waals surface area contributed by atoms with Crippen LogP contribution < -0.4 is 4.90 Å². The molecule has 1 aromatic rings. The van der Waals surface area contributed by atoms with Crippen LogP contribution in [0.1, 0.15) is 42.5 Å². The highest BCUT2D eigenvalue weighted by atomic mass is 35.5. The molecule has 2 rings (SSSR count). The summed E-state index contributed by atoms with van der Waals surface area (Å²) in [4.78, 5) is 21.1. The summed E-state index contributed by atoms with van der Waals surface area (Å²) in [7, 11) is 1.96. The molecule has 18 heavy (non-hydrogen) atoms. The smallest absolute Gasteiger partial charge is 0.156 e. The summed E-state index contributed by atoms with van der Waals surface area (Å²) in [6.07, 6.45) is 8.63. The Kier molecular flexibility index (Phi) is 4.53. The SMILES string of the molecule is CN(CC1CCCCC1)c1ncnc(Cl)c1C=O. The molecular weight excluding hydrogens is 250 g/mol. The number of rotatable bonds is 4. The van der Waals surface area contributed by atoms with E-state index in [0.717, 1.165) is 12.8 Å². The molecule has 0 aromatic carbocycles. The van der Waals surface area contributed by atoms with E-state index in [2.05, 4.69) is 9.97 Å². The molecule has 5 heteroatoms. The van der Waals surface area contributed by atoms with E-state index >= 15 is 0 Å². The van der Waals surface area contributed by atoms with Gasteiger partial charge in [0, 0.05) is 13.6 Å². The van der Waals surface area contributed by atoms with Gasteiger partial charge in [0.15, 0.2) is 6.29 Å². The van der Waals surface area contributed by atoms with Crippen molar-refractivity contribution in [2.45, 2.75) is 32.1 Å². The lowest BCUT2D eigenvalue weighted by molar-refractivity contribution is 0.112. The molecule has 0 unspecified atom stereocenters. The van der Waals surface area contributed by atoms with E-state index in [4.69, 9.17) is 11.6 Å². The molecule has 1 aromatic heterocycles. The van der Waals surface area contributed by atoms with Gasteiger partial charge in [-0.05, 0) is 18.8 Å². The van der Waals surface area contributed by atoms with E-state index in [1.54, 1.807) is 0 Å². The Hall–Kier alpha value is -1.16. The molecule has 0 radical (unpaired) electrons. The van der Waals surface area contributed by atoms with E-state index in [0.29, 0.717) is 17.3 Å². The van der Waals surface area contributed by atoms with Crippen molar-refractivity contribution in [2.24, 2.45) is 5.92 Å². The fourth-order valence-electron chi connectivity index (χ4n) is 2.61. The lowest BCUT2D eigenvalue weighted by Gasteiger charge is -2.28. The number of aldehydes is 1. The van der Waals surface area contributed by atoms with Gasteiger partial charge < -0.3 is 4.90 Å². The van der Waals surface area contributed by atoms with Crippen LogP contribution in [0.2, 0.25) is 5.15 Å². The highest BCUT2D eigenvalue weighted by Crippen LogP contribution is 2.27. The highest BCUT2D eigenvalue weighted by Gasteiger charge is 2.19. The summed E-state index contributed by atoms with van der Waals surface area (Å²) in [5.41, 5.74) is 0.387. The fraction of sp³-hybridized carbons (Fsp3) is 0.615. The second-order valence-electron chi connectivity index (χ2n) is 4.90. The molecular formula is C13H18ClN3O. The van der Waals surface area contributed by atoms with Crippen LogP contribution in [0.25, 0.3) is 0 Å². The van der Waals surface area contributed by atoms with Crippen LogP contribution >= 0.6 is 11.6 Å². The molecule has 0 N–H and O–H groups in total. The van der Waals surface area contributed by atoms with Gasteiger partial charge in [-0.2, -0.15) is 0 Å². The Balaban J connectivity index is 2.10. The number of halogens is 1. The number of carbonyl (C=O) groups is 1. The van der Waals surface area contributed by atoms with Crippen LogP contribution in [0.15, 0.2) is 6.33 Å². The first-order chi connectivity index (χ1) is 8.72. The van der Waals surface area contributed by atoms with Gasteiger partial charge in [0.25, 0.3) is 0 Å². The molecule has 1 aliphatic carbocycles. The number of hydrogen-bond acceptors (Lipinski definition) is 4. The average molecular weight is 268 g/mol. The summed E-state index contributed by atoms with van der Waals surface area (Å²) in [5, 5.41) is 0.227. The second kappa shape index (κ2) is 6.14. The summed E-state index contributed by atoms with van der Waals surface area (Å²) in [6, 6.07) is 0. The third-order valence-electron chi connectivity index (χ3n) is 3.55. The normalized spacial score (nSPS) is 16.6. The minimum absolute atomic E-state index is 0.227. The monoisotopic (exact) mass is 267 g/mol. The minimum Gasteiger partial charge on any atom is -0.359 e. The predicted molar refractivity (Wildman–Crippen MR) is 72.3 cm³/mol. The van der Waals surface area contributed by atoms with Gasteiger partial charge in [-0.25, -0.2) is 9.97 Å².